The van der Waals surface area contributed by atoms with Crippen LogP contribution in [0.4, 0.5) is 5.82 Å². The molecule has 1 heterocycles. The zero-order valence-corrected chi connectivity index (χ0v) is 7.36. The Labute approximate surface area is 75.9 Å². The highest BCUT2D eigenvalue weighted by Crippen LogP contribution is 2.11. The number of rotatable bonds is 4. The molecule has 1 rings (SSSR count). The number of hydrogen-bond acceptors (Lipinski definition) is 5. The molecule has 0 saturated carbocycles. The third-order valence-corrected chi connectivity index (χ3v) is 1.73. The first-order valence-electron chi connectivity index (χ1n) is 3.87. The van der Waals surface area contributed by atoms with Crippen molar-refractivity contribution in [3.63, 3.8) is 0 Å². The smallest absolute Gasteiger partial charge is 0.293 e. The first kappa shape index (κ1) is 9.44. The molecule has 70 valence electrons. The lowest BCUT2D eigenvalue weighted by Gasteiger charge is -2.05. The fraction of sp³-hybridized carbons (Fsp3) is 0.375. The van der Waals surface area contributed by atoms with Gasteiger partial charge in [-0.2, -0.15) is 0 Å². The molecule has 0 fully saturated rings. The Morgan fingerprint density at radius 1 is 1.62 bits per heavy atom. The number of hydrogen-bond donors (Lipinski definition) is 1. The van der Waals surface area contributed by atoms with Gasteiger partial charge in [-0.25, -0.2) is 9.97 Å². The van der Waals surface area contributed by atoms with Crippen LogP contribution in [0.25, 0.3) is 0 Å². The Hall–Kier alpha value is -1.65. The summed E-state index contributed by atoms with van der Waals surface area (Å²) in [6.45, 7) is 2.56. The molecule has 0 saturated heterocycles. The minimum atomic E-state index is 0.307. The van der Waals surface area contributed by atoms with Crippen molar-refractivity contribution in [2.45, 2.75) is 13.3 Å². The van der Waals surface area contributed by atoms with Crippen LogP contribution in [0.3, 0.4) is 0 Å². The molecule has 0 aliphatic rings. The van der Waals surface area contributed by atoms with Crippen molar-refractivity contribution in [1.29, 1.82) is 0 Å². The fourth-order valence-corrected chi connectivity index (χ4v) is 1.04. The monoisotopic (exact) mass is 181 g/mol. The SMILES string of the molecule is Cc1ncnc(N)c1CCOC=O. The van der Waals surface area contributed by atoms with Gasteiger partial charge in [-0.05, 0) is 6.92 Å². The van der Waals surface area contributed by atoms with Crippen molar-refractivity contribution >= 4 is 12.3 Å². The van der Waals surface area contributed by atoms with Gasteiger partial charge < -0.3 is 10.5 Å². The van der Waals surface area contributed by atoms with E-state index in [0.717, 1.165) is 11.3 Å². The molecule has 1 aromatic heterocycles. The highest BCUT2D eigenvalue weighted by atomic mass is 16.5. The Kier molecular flexibility index (Phi) is 3.19. The Morgan fingerprint density at radius 3 is 3.00 bits per heavy atom. The van der Waals surface area contributed by atoms with Gasteiger partial charge in [0.15, 0.2) is 0 Å². The topological polar surface area (TPSA) is 78.1 Å². The predicted molar refractivity (Wildman–Crippen MR) is 46.9 cm³/mol. The average Bonchev–Trinajstić information content (AvgIpc) is 2.10. The van der Waals surface area contributed by atoms with Crippen LogP contribution in [0.5, 0.6) is 0 Å². The van der Waals surface area contributed by atoms with Crippen LogP contribution < -0.4 is 5.73 Å². The summed E-state index contributed by atoms with van der Waals surface area (Å²) >= 11 is 0. The van der Waals surface area contributed by atoms with Gasteiger partial charge in [0.05, 0.1) is 6.61 Å². The molecule has 5 nitrogen and oxygen atoms in total. The summed E-state index contributed by atoms with van der Waals surface area (Å²) in [7, 11) is 0. The lowest BCUT2D eigenvalue weighted by molar-refractivity contribution is -0.128. The van der Waals surface area contributed by atoms with Gasteiger partial charge in [0.2, 0.25) is 0 Å². The van der Waals surface area contributed by atoms with E-state index < -0.39 is 0 Å². The van der Waals surface area contributed by atoms with Crippen LogP contribution in [-0.2, 0) is 16.0 Å². The molecule has 0 radical (unpaired) electrons. The molecule has 0 aliphatic heterocycles. The number of nitrogen functional groups attached to an aromatic ring is 1. The lowest BCUT2D eigenvalue weighted by atomic mass is 10.1. The molecular weight excluding hydrogens is 170 g/mol. The number of anilines is 1. The molecule has 5 heteroatoms. The van der Waals surface area contributed by atoms with E-state index in [0.29, 0.717) is 25.3 Å². The van der Waals surface area contributed by atoms with Gasteiger partial charge in [-0.1, -0.05) is 0 Å². The van der Waals surface area contributed by atoms with Crippen LogP contribution in [-0.4, -0.2) is 23.0 Å². The maximum atomic E-state index is 9.88. The van der Waals surface area contributed by atoms with E-state index in [2.05, 4.69) is 14.7 Å². The summed E-state index contributed by atoms with van der Waals surface area (Å²) in [5.41, 5.74) is 7.27. The number of carbonyl (C=O) groups is 1. The normalized spacial score (nSPS) is 9.62. The number of aromatic nitrogens is 2. The summed E-state index contributed by atoms with van der Waals surface area (Å²) in [6, 6.07) is 0. The summed E-state index contributed by atoms with van der Waals surface area (Å²) in [4.78, 5) is 17.7. The second-order valence-corrected chi connectivity index (χ2v) is 2.54. The highest BCUT2D eigenvalue weighted by molar-refractivity contribution is 5.41. The number of nitrogens with two attached hydrogens (primary N) is 1. The molecule has 2 N–H and O–H groups in total. The van der Waals surface area contributed by atoms with Gasteiger partial charge in [0.1, 0.15) is 12.1 Å². The lowest BCUT2D eigenvalue weighted by Crippen LogP contribution is -2.06. The van der Waals surface area contributed by atoms with E-state index >= 15 is 0 Å². The summed E-state index contributed by atoms with van der Waals surface area (Å²) in [5, 5.41) is 0. The first-order valence-corrected chi connectivity index (χ1v) is 3.87. The highest BCUT2D eigenvalue weighted by Gasteiger charge is 2.04. The van der Waals surface area contributed by atoms with Crippen LogP contribution in [0.2, 0.25) is 0 Å². The quantitative estimate of drug-likeness (QED) is 0.525. The second-order valence-electron chi connectivity index (χ2n) is 2.54. The first-order chi connectivity index (χ1) is 6.25. The van der Waals surface area contributed by atoms with E-state index in [-0.39, 0.29) is 0 Å². The van der Waals surface area contributed by atoms with Crippen molar-refractivity contribution in [2.75, 3.05) is 12.3 Å². The summed E-state index contributed by atoms with van der Waals surface area (Å²) in [6.07, 6.45) is 1.96. The molecule has 0 aromatic carbocycles. The van der Waals surface area contributed by atoms with Gasteiger partial charge in [-0.3, -0.25) is 4.79 Å². The minimum absolute atomic E-state index is 0.307. The predicted octanol–water partition coefficient (Wildman–Crippen LogP) is 0.0827. The Morgan fingerprint density at radius 2 is 2.38 bits per heavy atom. The number of ether oxygens (including phenoxy) is 1. The molecule has 0 amide bonds. The maximum Gasteiger partial charge on any atom is 0.293 e. The van der Waals surface area contributed by atoms with Gasteiger partial charge in [0, 0.05) is 17.7 Å². The molecule has 0 aliphatic carbocycles. The molecule has 0 spiro atoms. The van der Waals surface area contributed by atoms with Crippen molar-refractivity contribution in [1.82, 2.24) is 9.97 Å². The third kappa shape index (κ3) is 2.40. The van der Waals surface area contributed by atoms with Crippen LogP contribution in [0.1, 0.15) is 11.3 Å². The average molecular weight is 181 g/mol. The third-order valence-electron chi connectivity index (χ3n) is 1.73. The van der Waals surface area contributed by atoms with Crippen LogP contribution in [0.15, 0.2) is 6.33 Å². The van der Waals surface area contributed by atoms with E-state index in [1.54, 1.807) is 0 Å². The van der Waals surface area contributed by atoms with Crippen LogP contribution in [0, 0.1) is 6.92 Å². The van der Waals surface area contributed by atoms with Gasteiger partial charge in [0.25, 0.3) is 6.47 Å². The molecule has 13 heavy (non-hydrogen) atoms. The van der Waals surface area contributed by atoms with E-state index in [9.17, 15) is 4.79 Å². The Balaban J connectivity index is 2.69. The van der Waals surface area contributed by atoms with Crippen LogP contribution >= 0.6 is 0 Å². The second kappa shape index (κ2) is 4.39. The molecule has 0 unspecified atom stereocenters. The van der Waals surface area contributed by atoms with E-state index in [4.69, 9.17) is 5.73 Å². The zero-order valence-electron chi connectivity index (χ0n) is 7.36. The van der Waals surface area contributed by atoms with Gasteiger partial charge >= 0.3 is 0 Å². The maximum absolute atomic E-state index is 9.88. The standard InChI is InChI=1S/C8H11N3O2/c1-6-7(2-3-13-5-12)8(9)11-4-10-6/h4-5H,2-3H2,1H3,(H2,9,10,11). The van der Waals surface area contributed by atoms with Crippen molar-refractivity contribution in [2.24, 2.45) is 0 Å². The number of nitrogens with zero attached hydrogens (tertiary/aromatic N) is 2. The Bertz CT molecular complexity index is 281. The molecule has 0 bridgehead atoms. The summed E-state index contributed by atoms with van der Waals surface area (Å²) < 4.78 is 4.56. The molecule has 1 aromatic rings. The number of carbonyl (C=O) groups excluding carboxylic acids is 1. The molecule has 0 atom stereocenters. The zero-order chi connectivity index (χ0) is 9.68. The van der Waals surface area contributed by atoms with Crippen molar-refractivity contribution < 1.29 is 9.53 Å². The van der Waals surface area contributed by atoms with E-state index in [1.165, 1.54) is 6.33 Å². The molecular formula is C8H11N3O2. The summed E-state index contributed by atoms with van der Waals surface area (Å²) in [5.74, 6) is 0.446. The van der Waals surface area contributed by atoms with Gasteiger partial charge in [-0.15, -0.1) is 0 Å². The largest absolute Gasteiger partial charge is 0.468 e. The fourth-order valence-electron chi connectivity index (χ4n) is 1.04. The van der Waals surface area contributed by atoms with Crippen molar-refractivity contribution in [3.05, 3.63) is 17.6 Å². The van der Waals surface area contributed by atoms with E-state index in [1.807, 2.05) is 6.92 Å². The van der Waals surface area contributed by atoms with Crippen molar-refractivity contribution in [3.8, 4) is 0 Å². The minimum Gasteiger partial charge on any atom is -0.468 e. The number of aryl methyl sites for hydroxylation is 1.